The average Bonchev–Trinajstić information content (AvgIpc) is 3.04. The molecule has 0 aliphatic carbocycles. The molecule has 0 saturated heterocycles. The zero-order chi connectivity index (χ0) is 14.4. The van der Waals surface area contributed by atoms with Crippen molar-refractivity contribution in [2.45, 2.75) is 33.9 Å². The highest BCUT2D eigenvalue weighted by atomic mass is 16.4. The van der Waals surface area contributed by atoms with E-state index in [1.807, 2.05) is 26.8 Å². The predicted molar refractivity (Wildman–Crippen MR) is 76.2 cm³/mol. The fraction of sp³-hybridized carbons (Fsp3) is 0.462. The van der Waals surface area contributed by atoms with Crippen LogP contribution in [0.1, 0.15) is 30.0 Å². The summed E-state index contributed by atoms with van der Waals surface area (Å²) in [6.45, 7) is 7.69. The van der Waals surface area contributed by atoms with E-state index in [-0.39, 0.29) is 0 Å². The van der Waals surface area contributed by atoms with E-state index in [1.54, 1.807) is 6.20 Å². The summed E-state index contributed by atoms with van der Waals surface area (Å²) >= 11 is 0. The lowest BCUT2D eigenvalue weighted by Crippen LogP contribution is -2.36. The zero-order valence-corrected chi connectivity index (χ0v) is 12.0. The first kappa shape index (κ1) is 14.1. The van der Waals surface area contributed by atoms with Gasteiger partial charge >= 0.3 is 0 Å². The highest BCUT2D eigenvalue weighted by Gasteiger charge is 2.06. The maximum Gasteiger partial charge on any atom is 0.214 e. The number of nitrogens with one attached hydrogen (secondary N) is 3. The molecule has 0 aromatic carbocycles. The first-order valence-corrected chi connectivity index (χ1v) is 6.62. The largest absolute Gasteiger partial charge is 0.444 e. The highest BCUT2D eigenvalue weighted by molar-refractivity contribution is 5.79. The molecule has 0 atom stereocenters. The number of aliphatic imine (C=N–C) groups is 1. The lowest BCUT2D eigenvalue weighted by atomic mass is 10.4. The van der Waals surface area contributed by atoms with Gasteiger partial charge < -0.3 is 15.1 Å². The Labute approximate surface area is 117 Å². The standard InChI is InChI=1S/C13H20N6O/c1-4-14-13(15-7-11-5-6-17-19-11)16-8-12-18-9(2)10(3)20-12/h5-6H,4,7-8H2,1-3H3,(H,17,19)(H2,14,15,16). The van der Waals surface area contributed by atoms with Crippen LogP contribution >= 0.6 is 0 Å². The SMILES string of the molecule is CCNC(=NCc1ccn[nH]1)NCc1nc(C)c(C)o1. The number of nitrogens with zero attached hydrogens (tertiary/aromatic N) is 3. The molecule has 0 bridgehead atoms. The van der Waals surface area contributed by atoms with Gasteiger partial charge in [-0.05, 0) is 26.8 Å². The van der Waals surface area contributed by atoms with E-state index in [0.29, 0.717) is 19.0 Å². The smallest absolute Gasteiger partial charge is 0.214 e. The number of hydrogen-bond acceptors (Lipinski definition) is 4. The van der Waals surface area contributed by atoms with E-state index < -0.39 is 0 Å². The van der Waals surface area contributed by atoms with E-state index in [2.05, 4.69) is 30.8 Å². The van der Waals surface area contributed by atoms with Gasteiger partial charge in [-0.2, -0.15) is 5.10 Å². The molecule has 0 amide bonds. The maximum absolute atomic E-state index is 5.52. The topological polar surface area (TPSA) is 91.1 Å². The van der Waals surface area contributed by atoms with Crippen molar-refractivity contribution in [3.63, 3.8) is 0 Å². The predicted octanol–water partition coefficient (Wildman–Crippen LogP) is 1.27. The van der Waals surface area contributed by atoms with Crippen LogP contribution in [0, 0.1) is 13.8 Å². The van der Waals surface area contributed by atoms with Crippen molar-refractivity contribution in [2.75, 3.05) is 6.54 Å². The molecule has 0 aliphatic heterocycles. The molecule has 7 heteroatoms. The summed E-state index contributed by atoms with van der Waals surface area (Å²) in [5.41, 5.74) is 1.88. The average molecular weight is 276 g/mol. The van der Waals surface area contributed by atoms with Crippen LogP contribution in [0.25, 0.3) is 0 Å². The molecule has 7 nitrogen and oxygen atoms in total. The summed E-state index contributed by atoms with van der Waals surface area (Å²) in [6.07, 6.45) is 1.71. The molecule has 0 radical (unpaired) electrons. The minimum atomic E-state index is 0.503. The molecule has 0 aliphatic rings. The molecular formula is C13H20N6O. The number of oxazole rings is 1. The first-order chi connectivity index (χ1) is 9.69. The third-order valence-corrected chi connectivity index (χ3v) is 2.79. The quantitative estimate of drug-likeness (QED) is 0.565. The minimum absolute atomic E-state index is 0.503. The Bertz CT molecular complexity index is 538. The minimum Gasteiger partial charge on any atom is -0.444 e. The second-order valence-corrected chi connectivity index (χ2v) is 4.38. The Morgan fingerprint density at radius 2 is 2.25 bits per heavy atom. The van der Waals surface area contributed by atoms with Crippen LogP contribution < -0.4 is 10.6 Å². The van der Waals surface area contributed by atoms with Gasteiger partial charge in [0.1, 0.15) is 5.76 Å². The van der Waals surface area contributed by atoms with Crippen LogP contribution in [0.5, 0.6) is 0 Å². The van der Waals surface area contributed by atoms with Gasteiger partial charge in [-0.1, -0.05) is 0 Å². The molecule has 108 valence electrons. The number of aryl methyl sites for hydroxylation is 2. The van der Waals surface area contributed by atoms with Crippen molar-refractivity contribution >= 4 is 5.96 Å². The van der Waals surface area contributed by atoms with Crippen molar-refractivity contribution < 1.29 is 4.42 Å². The molecule has 2 rings (SSSR count). The Kier molecular flexibility index (Phi) is 4.75. The summed E-state index contributed by atoms with van der Waals surface area (Å²) in [6, 6.07) is 1.90. The van der Waals surface area contributed by atoms with Crippen LogP contribution in [0.3, 0.4) is 0 Å². The van der Waals surface area contributed by atoms with Crippen molar-refractivity contribution in [3.05, 3.63) is 35.3 Å². The summed E-state index contributed by atoms with van der Waals surface area (Å²) in [5, 5.41) is 13.1. The molecule has 0 unspecified atom stereocenters. The molecule has 2 aromatic heterocycles. The number of rotatable bonds is 5. The van der Waals surface area contributed by atoms with Crippen molar-refractivity contribution in [2.24, 2.45) is 4.99 Å². The van der Waals surface area contributed by atoms with Gasteiger partial charge in [0.05, 0.1) is 24.5 Å². The molecular weight excluding hydrogens is 256 g/mol. The van der Waals surface area contributed by atoms with Crippen molar-refractivity contribution in [3.8, 4) is 0 Å². The monoisotopic (exact) mass is 276 g/mol. The lowest BCUT2D eigenvalue weighted by Gasteiger charge is -2.09. The maximum atomic E-state index is 5.52. The van der Waals surface area contributed by atoms with Crippen molar-refractivity contribution in [1.29, 1.82) is 0 Å². The number of H-pyrrole nitrogens is 1. The summed E-state index contributed by atoms with van der Waals surface area (Å²) in [7, 11) is 0. The van der Waals surface area contributed by atoms with Crippen LogP contribution in [0.15, 0.2) is 21.7 Å². The molecule has 0 saturated carbocycles. The van der Waals surface area contributed by atoms with Gasteiger partial charge in [0, 0.05) is 12.7 Å². The summed E-state index contributed by atoms with van der Waals surface area (Å²) in [4.78, 5) is 8.78. The molecule has 2 heterocycles. The number of hydrogen-bond donors (Lipinski definition) is 3. The molecule has 20 heavy (non-hydrogen) atoms. The van der Waals surface area contributed by atoms with Crippen LogP contribution in [-0.2, 0) is 13.1 Å². The van der Waals surface area contributed by atoms with Gasteiger partial charge in [-0.3, -0.25) is 5.10 Å². The molecule has 2 aromatic rings. The lowest BCUT2D eigenvalue weighted by molar-refractivity contribution is 0.463. The normalized spacial score (nSPS) is 11.7. The van der Waals surface area contributed by atoms with Gasteiger partial charge in [-0.15, -0.1) is 0 Å². The van der Waals surface area contributed by atoms with E-state index in [4.69, 9.17) is 4.42 Å². The Balaban J connectivity index is 1.93. The zero-order valence-electron chi connectivity index (χ0n) is 12.0. The second kappa shape index (κ2) is 6.74. The first-order valence-electron chi connectivity index (χ1n) is 6.62. The van der Waals surface area contributed by atoms with Crippen LogP contribution in [0.2, 0.25) is 0 Å². The summed E-state index contributed by atoms with van der Waals surface area (Å²) < 4.78 is 5.52. The van der Waals surface area contributed by atoms with E-state index in [1.165, 1.54) is 0 Å². The molecule has 3 N–H and O–H groups in total. The fourth-order valence-electron chi connectivity index (χ4n) is 1.65. The fourth-order valence-corrected chi connectivity index (χ4v) is 1.65. The Morgan fingerprint density at radius 1 is 1.40 bits per heavy atom. The number of guanidine groups is 1. The molecule has 0 fully saturated rings. The van der Waals surface area contributed by atoms with Crippen LogP contribution in [0.4, 0.5) is 0 Å². The summed E-state index contributed by atoms with van der Waals surface area (Å²) in [5.74, 6) is 2.23. The molecule has 0 spiro atoms. The highest BCUT2D eigenvalue weighted by Crippen LogP contribution is 2.07. The van der Waals surface area contributed by atoms with Gasteiger partial charge in [-0.25, -0.2) is 9.98 Å². The Morgan fingerprint density at radius 3 is 2.85 bits per heavy atom. The Hall–Kier alpha value is -2.31. The third kappa shape index (κ3) is 3.84. The third-order valence-electron chi connectivity index (χ3n) is 2.79. The van der Waals surface area contributed by atoms with Gasteiger partial charge in [0.15, 0.2) is 5.96 Å². The second-order valence-electron chi connectivity index (χ2n) is 4.38. The van der Waals surface area contributed by atoms with E-state index >= 15 is 0 Å². The van der Waals surface area contributed by atoms with E-state index in [9.17, 15) is 0 Å². The van der Waals surface area contributed by atoms with Gasteiger partial charge in [0.25, 0.3) is 0 Å². The van der Waals surface area contributed by atoms with Crippen molar-refractivity contribution in [1.82, 2.24) is 25.8 Å². The number of aromatic amines is 1. The van der Waals surface area contributed by atoms with E-state index in [0.717, 1.165) is 29.7 Å². The number of aromatic nitrogens is 3. The van der Waals surface area contributed by atoms with Crippen LogP contribution in [-0.4, -0.2) is 27.7 Å². The van der Waals surface area contributed by atoms with Gasteiger partial charge in [0.2, 0.25) is 5.89 Å².